The average Bonchev–Trinajstić information content (AvgIpc) is 2.20. The van der Waals surface area contributed by atoms with E-state index in [2.05, 4.69) is 6.92 Å². The maximum Gasteiger partial charge on any atom is 0.130 e. The van der Waals surface area contributed by atoms with Crippen molar-refractivity contribution >= 4 is 0 Å². The summed E-state index contributed by atoms with van der Waals surface area (Å²) in [6.07, 6.45) is 1.01. The van der Waals surface area contributed by atoms with Gasteiger partial charge in [-0.1, -0.05) is 31.2 Å². The number of aryl methyl sites for hydroxylation is 1. The van der Waals surface area contributed by atoms with Gasteiger partial charge in [-0.15, -0.1) is 0 Å². The molecule has 0 radical (unpaired) electrons. The van der Waals surface area contributed by atoms with Crippen molar-refractivity contribution in [3.05, 3.63) is 35.4 Å². The van der Waals surface area contributed by atoms with Crippen LogP contribution in [0.3, 0.4) is 0 Å². The van der Waals surface area contributed by atoms with Gasteiger partial charge in [0, 0.05) is 7.11 Å². The summed E-state index contributed by atoms with van der Waals surface area (Å²) in [5.41, 5.74) is 0.786. The molecule has 1 rings (SSSR count). The van der Waals surface area contributed by atoms with Crippen LogP contribution in [0.15, 0.2) is 24.3 Å². The molecule has 2 heteroatoms. The standard InChI is InChI=1S/C11H15F.CH4O/c1-4-9-5-7-10(8-6-9)11(2,3)12;1-2/h5-8H,4H2,1-3H3;2H,1H3. The van der Waals surface area contributed by atoms with Crippen LogP contribution in [0.4, 0.5) is 4.39 Å². The van der Waals surface area contributed by atoms with Crippen molar-refractivity contribution in [2.75, 3.05) is 7.11 Å². The van der Waals surface area contributed by atoms with E-state index in [1.54, 1.807) is 13.8 Å². The van der Waals surface area contributed by atoms with Gasteiger partial charge in [-0.25, -0.2) is 4.39 Å². The third kappa shape index (κ3) is 3.88. The first kappa shape index (κ1) is 13.1. The van der Waals surface area contributed by atoms with Crippen molar-refractivity contribution in [2.24, 2.45) is 0 Å². The molecule has 0 atom stereocenters. The fraction of sp³-hybridized carbons (Fsp3) is 0.500. The Morgan fingerprint density at radius 1 is 1.14 bits per heavy atom. The summed E-state index contributed by atoms with van der Waals surface area (Å²) in [6.45, 7) is 5.25. The molecule has 0 fully saturated rings. The second kappa shape index (κ2) is 5.76. The van der Waals surface area contributed by atoms with Gasteiger partial charge in [0.1, 0.15) is 5.67 Å². The summed E-state index contributed by atoms with van der Waals surface area (Å²) < 4.78 is 13.4. The first-order valence-corrected chi connectivity index (χ1v) is 4.77. The summed E-state index contributed by atoms with van der Waals surface area (Å²) in [6, 6.07) is 7.69. The second-order valence-corrected chi connectivity index (χ2v) is 3.52. The van der Waals surface area contributed by atoms with E-state index in [0.29, 0.717) is 0 Å². The molecule has 80 valence electrons. The van der Waals surface area contributed by atoms with Gasteiger partial charge in [-0.3, -0.25) is 0 Å². The molecule has 1 nitrogen and oxygen atoms in total. The molecule has 1 N–H and O–H groups in total. The van der Waals surface area contributed by atoms with Crippen molar-refractivity contribution in [3.63, 3.8) is 0 Å². The van der Waals surface area contributed by atoms with Crippen LogP contribution in [-0.4, -0.2) is 12.2 Å². The summed E-state index contributed by atoms with van der Waals surface area (Å²) >= 11 is 0. The van der Waals surface area contributed by atoms with Gasteiger partial charge in [0.2, 0.25) is 0 Å². The van der Waals surface area contributed by atoms with Crippen molar-refractivity contribution in [1.82, 2.24) is 0 Å². The number of halogens is 1. The molecule has 14 heavy (non-hydrogen) atoms. The molecule has 0 unspecified atom stereocenters. The zero-order valence-corrected chi connectivity index (χ0v) is 9.34. The van der Waals surface area contributed by atoms with Gasteiger partial charge < -0.3 is 5.11 Å². The fourth-order valence-corrected chi connectivity index (χ4v) is 1.14. The summed E-state index contributed by atoms with van der Waals surface area (Å²) in [4.78, 5) is 0. The van der Waals surface area contributed by atoms with Gasteiger partial charge in [0.05, 0.1) is 0 Å². The predicted octanol–water partition coefficient (Wildman–Crippen LogP) is 3.06. The van der Waals surface area contributed by atoms with E-state index in [0.717, 1.165) is 19.1 Å². The Balaban J connectivity index is 0.000000791. The minimum Gasteiger partial charge on any atom is -0.400 e. The Bertz CT molecular complexity index is 246. The molecule has 0 saturated heterocycles. The smallest absolute Gasteiger partial charge is 0.130 e. The maximum atomic E-state index is 13.4. The van der Waals surface area contributed by atoms with Crippen LogP contribution in [0, 0.1) is 0 Å². The monoisotopic (exact) mass is 198 g/mol. The summed E-state index contributed by atoms with van der Waals surface area (Å²) in [7, 11) is 1.00. The van der Waals surface area contributed by atoms with Crippen LogP contribution in [0.25, 0.3) is 0 Å². The molecular weight excluding hydrogens is 179 g/mol. The van der Waals surface area contributed by atoms with Crippen molar-refractivity contribution in [3.8, 4) is 0 Å². The van der Waals surface area contributed by atoms with Crippen LogP contribution in [0.5, 0.6) is 0 Å². The quantitative estimate of drug-likeness (QED) is 0.774. The normalized spacial score (nSPS) is 10.4. The Labute approximate surface area is 85.6 Å². The minimum atomic E-state index is -1.22. The molecule has 1 aromatic rings. The lowest BCUT2D eigenvalue weighted by molar-refractivity contribution is 0.221. The average molecular weight is 198 g/mol. The molecule has 0 spiro atoms. The zero-order valence-electron chi connectivity index (χ0n) is 9.34. The lowest BCUT2D eigenvalue weighted by Crippen LogP contribution is -2.08. The molecule has 0 aliphatic heterocycles. The van der Waals surface area contributed by atoms with Crippen LogP contribution in [-0.2, 0) is 12.1 Å². The fourth-order valence-electron chi connectivity index (χ4n) is 1.14. The number of alkyl halides is 1. The molecule has 0 aromatic heterocycles. The lowest BCUT2D eigenvalue weighted by atomic mass is 9.98. The second-order valence-electron chi connectivity index (χ2n) is 3.52. The van der Waals surface area contributed by atoms with Gasteiger partial charge in [-0.2, -0.15) is 0 Å². The lowest BCUT2D eigenvalue weighted by Gasteiger charge is -2.14. The Morgan fingerprint density at radius 3 is 1.86 bits per heavy atom. The number of hydrogen-bond acceptors (Lipinski definition) is 1. The van der Waals surface area contributed by atoms with Crippen LogP contribution in [0.1, 0.15) is 31.9 Å². The number of aliphatic hydroxyl groups excluding tert-OH is 1. The maximum absolute atomic E-state index is 13.4. The number of rotatable bonds is 2. The van der Waals surface area contributed by atoms with E-state index >= 15 is 0 Å². The largest absolute Gasteiger partial charge is 0.400 e. The van der Waals surface area contributed by atoms with E-state index in [1.807, 2.05) is 24.3 Å². The highest BCUT2D eigenvalue weighted by molar-refractivity contribution is 5.26. The highest BCUT2D eigenvalue weighted by Crippen LogP contribution is 2.24. The first-order chi connectivity index (χ1) is 6.54. The topological polar surface area (TPSA) is 20.2 Å². The van der Waals surface area contributed by atoms with Gasteiger partial charge in [0.15, 0.2) is 0 Å². The van der Waals surface area contributed by atoms with Crippen molar-refractivity contribution in [2.45, 2.75) is 32.9 Å². The zero-order chi connectivity index (χ0) is 11.2. The molecule has 1 aromatic carbocycles. The molecule has 0 bridgehead atoms. The van der Waals surface area contributed by atoms with E-state index in [1.165, 1.54) is 5.56 Å². The highest BCUT2D eigenvalue weighted by atomic mass is 19.1. The van der Waals surface area contributed by atoms with E-state index < -0.39 is 5.67 Å². The first-order valence-electron chi connectivity index (χ1n) is 4.77. The number of aliphatic hydroxyl groups is 1. The van der Waals surface area contributed by atoms with Crippen LogP contribution < -0.4 is 0 Å². The summed E-state index contributed by atoms with van der Waals surface area (Å²) in [5, 5.41) is 7.00. The van der Waals surface area contributed by atoms with E-state index in [-0.39, 0.29) is 0 Å². The van der Waals surface area contributed by atoms with E-state index in [4.69, 9.17) is 5.11 Å². The molecule has 0 amide bonds. The number of hydrogen-bond donors (Lipinski definition) is 1. The van der Waals surface area contributed by atoms with Gasteiger partial charge >= 0.3 is 0 Å². The molecule has 0 aliphatic carbocycles. The molecular formula is C12H19FO. The SMILES string of the molecule is CCc1ccc(C(C)(C)F)cc1.CO. The Kier molecular flexibility index (Phi) is 5.39. The van der Waals surface area contributed by atoms with Crippen LogP contribution >= 0.6 is 0 Å². The summed E-state index contributed by atoms with van der Waals surface area (Å²) in [5.74, 6) is 0. The van der Waals surface area contributed by atoms with Gasteiger partial charge in [-0.05, 0) is 31.4 Å². The van der Waals surface area contributed by atoms with Gasteiger partial charge in [0.25, 0.3) is 0 Å². The van der Waals surface area contributed by atoms with Crippen LogP contribution in [0.2, 0.25) is 0 Å². The third-order valence-electron chi connectivity index (χ3n) is 2.05. The minimum absolute atomic E-state index is 0.750. The molecule has 0 aliphatic rings. The van der Waals surface area contributed by atoms with Crippen molar-refractivity contribution < 1.29 is 9.50 Å². The molecule has 0 heterocycles. The van der Waals surface area contributed by atoms with Crippen molar-refractivity contribution in [1.29, 1.82) is 0 Å². The number of benzene rings is 1. The predicted molar refractivity (Wildman–Crippen MR) is 58.1 cm³/mol. The third-order valence-corrected chi connectivity index (χ3v) is 2.05. The Morgan fingerprint density at radius 2 is 1.57 bits per heavy atom. The van der Waals surface area contributed by atoms with E-state index in [9.17, 15) is 4.39 Å². The Hall–Kier alpha value is -0.890. The highest BCUT2D eigenvalue weighted by Gasteiger charge is 2.17. The molecule has 0 saturated carbocycles.